The van der Waals surface area contributed by atoms with E-state index in [0.717, 1.165) is 6.54 Å². The highest BCUT2D eigenvalue weighted by Crippen LogP contribution is 2.13. The molecule has 0 radical (unpaired) electrons. The number of nitrogens with zero attached hydrogens (tertiary/aromatic N) is 1. The fraction of sp³-hybridized carbons (Fsp3) is 0.533. The van der Waals surface area contributed by atoms with Crippen LogP contribution in [0.15, 0.2) is 29.2 Å². The van der Waals surface area contributed by atoms with Crippen LogP contribution in [0.5, 0.6) is 0 Å². The molecule has 0 atom stereocenters. The van der Waals surface area contributed by atoms with E-state index in [2.05, 4.69) is 10.0 Å². The highest BCUT2D eigenvalue weighted by Gasteiger charge is 2.19. The maximum absolute atomic E-state index is 12.3. The van der Waals surface area contributed by atoms with Crippen LogP contribution in [0.2, 0.25) is 0 Å². The van der Waals surface area contributed by atoms with E-state index in [1.54, 1.807) is 17.0 Å². The van der Waals surface area contributed by atoms with E-state index in [-0.39, 0.29) is 23.2 Å². The smallest absolute Gasteiger partial charge is 0.254 e. The monoisotopic (exact) mass is 377 g/mol. The molecule has 1 saturated heterocycles. The quantitative estimate of drug-likeness (QED) is 0.674. The van der Waals surface area contributed by atoms with Gasteiger partial charge in [0.15, 0.2) is 0 Å². The lowest BCUT2D eigenvalue weighted by Gasteiger charge is -2.26. The maximum Gasteiger partial charge on any atom is 0.254 e. The van der Waals surface area contributed by atoms with Gasteiger partial charge in [-0.2, -0.15) is 0 Å². The van der Waals surface area contributed by atoms with Crippen molar-refractivity contribution in [2.45, 2.75) is 11.8 Å². The third kappa shape index (κ3) is 5.71. The summed E-state index contributed by atoms with van der Waals surface area (Å²) in [6, 6.07) is 6.03. The number of hydrogen-bond donors (Lipinski definition) is 2. The van der Waals surface area contributed by atoms with Crippen LogP contribution in [0.25, 0.3) is 0 Å². The molecule has 1 fully saturated rings. The Hall–Kier alpha value is -1.19. The molecule has 1 aliphatic heterocycles. The first kappa shape index (κ1) is 20.9. The minimum atomic E-state index is -3.54. The van der Waals surface area contributed by atoms with E-state index in [0.29, 0.717) is 45.0 Å². The lowest BCUT2D eigenvalue weighted by Crippen LogP contribution is -2.40. The summed E-state index contributed by atoms with van der Waals surface area (Å²) in [5, 5.41) is 3.05. The van der Waals surface area contributed by atoms with Crippen LogP contribution in [-0.4, -0.2) is 65.2 Å². The third-order valence-corrected chi connectivity index (χ3v) is 5.03. The average Bonchev–Trinajstić information content (AvgIpc) is 2.59. The molecule has 7 nitrogen and oxygen atoms in total. The number of carbonyl (C=O) groups is 1. The third-order valence-electron chi connectivity index (χ3n) is 3.55. The Balaban J connectivity index is 0.00000288. The second-order valence-corrected chi connectivity index (χ2v) is 6.95. The number of ether oxygens (including phenoxy) is 1. The van der Waals surface area contributed by atoms with Crippen molar-refractivity contribution < 1.29 is 17.9 Å². The molecule has 24 heavy (non-hydrogen) atoms. The zero-order valence-corrected chi connectivity index (χ0v) is 15.3. The Kier molecular flexibility index (Phi) is 8.65. The van der Waals surface area contributed by atoms with Gasteiger partial charge in [0.2, 0.25) is 10.0 Å². The van der Waals surface area contributed by atoms with E-state index >= 15 is 0 Å². The summed E-state index contributed by atoms with van der Waals surface area (Å²) >= 11 is 0. The fourth-order valence-corrected chi connectivity index (χ4v) is 3.29. The molecule has 0 spiro atoms. The minimum Gasteiger partial charge on any atom is -0.378 e. The first-order chi connectivity index (χ1) is 11.0. The van der Waals surface area contributed by atoms with Gasteiger partial charge in [-0.3, -0.25) is 4.79 Å². The van der Waals surface area contributed by atoms with Gasteiger partial charge >= 0.3 is 0 Å². The molecule has 1 aromatic rings. The molecule has 0 unspecified atom stereocenters. The summed E-state index contributed by atoms with van der Waals surface area (Å²) in [6.07, 6.45) is 0. The molecule has 1 heterocycles. The molecular weight excluding hydrogens is 354 g/mol. The van der Waals surface area contributed by atoms with Crippen LogP contribution in [-0.2, 0) is 14.8 Å². The Bertz CT molecular complexity index is 616. The van der Waals surface area contributed by atoms with E-state index in [1.807, 2.05) is 6.92 Å². The van der Waals surface area contributed by atoms with Gasteiger partial charge < -0.3 is 15.0 Å². The Labute approximate surface area is 149 Å². The standard InChI is InChI=1S/C15H23N3O4S.ClH/c1-2-16-7-8-17-23(20,21)14-5-3-13(4-6-14)15(19)18-9-11-22-12-10-18;/h3-6,16-17H,2,7-12H2,1H3;1H. The number of morpholine rings is 1. The van der Waals surface area contributed by atoms with Crippen LogP contribution in [0.3, 0.4) is 0 Å². The number of amides is 1. The molecular formula is C15H24ClN3O4S. The van der Waals surface area contributed by atoms with E-state index in [9.17, 15) is 13.2 Å². The van der Waals surface area contributed by atoms with Crippen molar-refractivity contribution in [3.8, 4) is 0 Å². The van der Waals surface area contributed by atoms with Gasteiger partial charge in [0.1, 0.15) is 0 Å². The number of sulfonamides is 1. The SMILES string of the molecule is CCNCCNS(=O)(=O)c1ccc(C(=O)N2CCOCC2)cc1.Cl. The number of rotatable bonds is 7. The van der Waals surface area contributed by atoms with Crippen LogP contribution in [0, 0.1) is 0 Å². The lowest BCUT2D eigenvalue weighted by atomic mass is 10.2. The molecule has 1 aromatic carbocycles. The number of carbonyl (C=O) groups excluding carboxylic acids is 1. The lowest BCUT2D eigenvalue weighted by molar-refractivity contribution is 0.0303. The molecule has 136 valence electrons. The normalized spacial score (nSPS) is 15.0. The summed E-state index contributed by atoms with van der Waals surface area (Å²) in [5.74, 6) is -0.0997. The summed E-state index contributed by atoms with van der Waals surface area (Å²) < 4.78 is 32.0. The number of benzene rings is 1. The van der Waals surface area contributed by atoms with Gasteiger partial charge in [-0.1, -0.05) is 6.92 Å². The molecule has 0 aliphatic carbocycles. The molecule has 9 heteroatoms. The summed E-state index contributed by atoms with van der Waals surface area (Å²) in [4.78, 5) is 14.2. The van der Waals surface area contributed by atoms with Crippen LogP contribution < -0.4 is 10.0 Å². The first-order valence-corrected chi connectivity index (χ1v) is 9.20. The predicted octanol–water partition coefficient (Wildman–Crippen LogP) is 0.469. The van der Waals surface area contributed by atoms with E-state index in [1.165, 1.54) is 12.1 Å². The van der Waals surface area contributed by atoms with Gasteiger partial charge in [-0.25, -0.2) is 13.1 Å². The average molecular weight is 378 g/mol. The Morgan fingerprint density at radius 1 is 1.17 bits per heavy atom. The van der Waals surface area contributed by atoms with Gasteiger partial charge in [0.05, 0.1) is 18.1 Å². The molecule has 2 N–H and O–H groups in total. The highest BCUT2D eigenvalue weighted by atomic mass is 35.5. The van der Waals surface area contributed by atoms with Crippen molar-refractivity contribution in [3.63, 3.8) is 0 Å². The number of nitrogens with one attached hydrogen (secondary N) is 2. The van der Waals surface area contributed by atoms with Crippen molar-refractivity contribution in [1.82, 2.24) is 14.9 Å². The van der Waals surface area contributed by atoms with Crippen LogP contribution in [0.4, 0.5) is 0 Å². The van der Waals surface area contributed by atoms with E-state index < -0.39 is 10.0 Å². The van der Waals surface area contributed by atoms with Crippen LogP contribution >= 0.6 is 12.4 Å². The number of halogens is 1. The largest absolute Gasteiger partial charge is 0.378 e. The summed E-state index contributed by atoms with van der Waals surface area (Å²) in [5.41, 5.74) is 0.485. The van der Waals surface area contributed by atoms with Gasteiger partial charge in [0, 0.05) is 31.7 Å². The fourth-order valence-electron chi connectivity index (χ4n) is 2.26. The highest BCUT2D eigenvalue weighted by molar-refractivity contribution is 7.89. The Morgan fingerprint density at radius 3 is 2.38 bits per heavy atom. The summed E-state index contributed by atoms with van der Waals surface area (Å²) in [7, 11) is -3.54. The minimum absolute atomic E-state index is 0. The van der Waals surface area contributed by atoms with E-state index in [4.69, 9.17) is 4.74 Å². The summed E-state index contributed by atoms with van der Waals surface area (Å²) in [6.45, 7) is 5.84. The number of likely N-dealkylation sites (N-methyl/N-ethyl adjacent to an activating group) is 1. The molecule has 0 bridgehead atoms. The topological polar surface area (TPSA) is 87.7 Å². The van der Waals surface area contributed by atoms with Gasteiger partial charge in [-0.15, -0.1) is 12.4 Å². The van der Waals surface area contributed by atoms with Crippen molar-refractivity contribution in [3.05, 3.63) is 29.8 Å². The second kappa shape index (κ2) is 9.95. The van der Waals surface area contributed by atoms with Crippen molar-refractivity contribution >= 4 is 28.3 Å². The maximum atomic E-state index is 12.3. The molecule has 1 aliphatic rings. The second-order valence-electron chi connectivity index (χ2n) is 5.18. The van der Waals surface area contributed by atoms with Crippen molar-refractivity contribution in [2.75, 3.05) is 45.9 Å². The molecule has 2 rings (SSSR count). The van der Waals surface area contributed by atoms with Crippen molar-refractivity contribution in [2.24, 2.45) is 0 Å². The molecule has 1 amide bonds. The predicted molar refractivity (Wildman–Crippen MR) is 94.1 cm³/mol. The van der Waals surface area contributed by atoms with Crippen molar-refractivity contribution in [1.29, 1.82) is 0 Å². The zero-order chi connectivity index (χ0) is 16.7. The van der Waals surface area contributed by atoms with Gasteiger partial charge in [-0.05, 0) is 30.8 Å². The Morgan fingerprint density at radius 2 is 1.79 bits per heavy atom. The zero-order valence-electron chi connectivity index (χ0n) is 13.7. The van der Waals surface area contributed by atoms with Gasteiger partial charge in [0.25, 0.3) is 5.91 Å². The first-order valence-electron chi connectivity index (χ1n) is 7.72. The molecule has 0 saturated carbocycles. The number of hydrogen-bond acceptors (Lipinski definition) is 5. The van der Waals surface area contributed by atoms with Crippen LogP contribution in [0.1, 0.15) is 17.3 Å². The molecule has 0 aromatic heterocycles.